The zero-order chi connectivity index (χ0) is 24.4. The molecule has 1 aliphatic rings. The van der Waals surface area contributed by atoms with Gasteiger partial charge in [0.15, 0.2) is 0 Å². The molecule has 3 aromatic carbocycles. The third-order valence-corrected chi connectivity index (χ3v) is 5.80. The minimum absolute atomic E-state index is 0.0918. The van der Waals surface area contributed by atoms with Crippen molar-refractivity contribution in [2.75, 3.05) is 22.6 Å². The number of carbonyl (C=O) groups is 3. The summed E-state index contributed by atoms with van der Waals surface area (Å²) in [5, 5.41) is 5.80. The first-order chi connectivity index (χ1) is 16.3. The summed E-state index contributed by atoms with van der Waals surface area (Å²) in [6.45, 7) is 1.91. The number of imide groups is 1. The number of nitrogens with one attached hydrogen (secondary N) is 2. The van der Waals surface area contributed by atoms with Crippen molar-refractivity contribution >= 4 is 58.0 Å². The van der Waals surface area contributed by atoms with Gasteiger partial charge in [0.05, 0.1) is 12.8 Å². The zero-order valence-corrected chi connectivity index (χ0v) is 19.7. The molecule has 0 aliphatic carbocycles. The lowest BCUT2D eigenvalue weighted by Crippen LogP contribution is -2.32. The Morgan fingerprint density at radius 2 is 1.65 bits per heavy atom. The Kier molecular flexibility index (Phi) is 6.58. The van der Waals surface area contributed by atoms with Crippen LogP contribution < -0.4 is 20.3 Å². The maximum absolute atomic E-state index is 13.1. The zero-order valence-electron chi connectivity index (χ0n) is 18.2. The largest absolute Gasteiger partial charge is 0.495 e. The van der Waals surface area contributed by atoms with Crippen LogP contribution >= 0.6 is 23.2 Å². The molecular formula is C25H19Cl2N3O4. The van der Waals surface area contributed by atoms with Crippen molar-refractivity contribution in [3.8, 4) is 5.75 Å². The normalized spacial score (nSPS) is 13.4. The van der Waals surface area contributed by atoms with Crippen molar-refractivity contribution in [3.05, 3.63) is 93.6 Å². The second-order valence-corrected chi connectivity index (χ2v) is 8.24. The Morgan fingerprint density at radius 1 is 0.941 bits per heavy atom. The molecule has 4 rings (SSSR count). The van der Waals surface area contributed by atoms with Gasteiger partial charge in [-0.3, -0.25) is 14.4 Å². The van der Waals surface area contributed by atoms with Gasteiger partial charge in [0, 0.05) is 22.0 Å². The maximum Gasteiger partial charge on any atom is 0.283 e. The lowest BCUT2D eigenvalue weighted by Gasteiger charge is -2.18. The summed E-state index contributed by atoms with van der Waals surface area (Å²) in [7, 11) is 1.42. The first-order valence-corrected chi connectivity index (χ1v) is 10.9. The van der Waals surface area contributed by atoms with Crippen LogP contribution in [0.15, 0.2) is 77.5 Å². The van der Waals surface area contributed by atoms with Crippen molar-refractivity contribution in [2.24, 2.45) is 0 Å². The van der Waals surface area contributed by atoms with Crippen molar-refractivity contribution < 1.29 is 19.1 Å². The quantitative estimate of drug-likeness (QED) is 0.450. The van der Waals surface area contributed by atoms with Crippen molar-refractivity contribution in [3.63, 3.8) is 0 Å². The Morgan fingerprint density at radius 3 is 2.32 bits per heavy atom. The van der Waals surface area contributed by atoms with Crippen LogP contribution in [-0.2, 0) is 9.59 Å². The van der Waals surface area contributed by atoms with Crippen molar-refractivity contribution in [1.82, 2.24) is 0 Å². The van der Waals surface area contributed by atoms with E-state index in [4.69, 9.17) is 27.9 Å². The predicted octanol–water partition coefficient (Wildman–Crippen LogP) is 5.35. The summed E-state index contributed by atoms with van der Waals surface area (Å²) in [6.07, 6.45) is 0. The van der Waals surface area contributed by atoms with E-state index in [1.807, 2.05) is 31.2 Å². The van der Waals surface area contributed by atoms with E-state index in [0.717, 1.165) is 16.2 Å². The number of aryl methyl sites for hydroxylation is 1. The number of carbonyl (C=O) groups excluding carboxylic acids is 3. The number of para-hydroxylation sites is 1. The minimum Gasteiger partial charge on any atom is -0.495 e. The van der Waals surface area contributed by atoms with E-state index in [9.17, 15) is 14.4 Å². The molecule has 0 radical (unpaired) electrons. The van der Waals surface area contributed by atoms with Crippen LogP contribution in [0.1, 0.15) is 15.9 Å². The predicted molar refractivity (Wildman–Crippen MR) is 133 cm³/mol. The first-order valence-electron chi connectivity index (χ1n) is 10.2. The Balaban J connectivity index is 1.52. The Hall–Kier alpha value is -3.81. The van der Waals surface area contributed by atoms with Crippen LogP contribution in [0, 0.1) is 6.92 Å². The third kappa shape index (κ3) is 4.48. The van der Waals surface area contributed by atoms with Crippen LogP contribution in [0.5, 0.6) is 5.75 Å². The molecule has 34 heavy (non-hydrogen) atoms. The molecular weight excluding hydrogens is 477 g/mol. The molecule has 3 aromatic rings. The van der Waals surface area contributed by atoms with Gasteiger partial charge in [-0.2, -0.15) is 0 Å². The number of amides is 3. The van der Waals surface area contributed by atoms with Gasteiger partial charge in [0.1, 0.15) is 16.5 Å². The van der Waals surface area contributed by atoms with Gasteiger partial charge in [0.2, 0.25) is 0 Å². The van der Waals surface area contributed by atoms with Gasteiger partial charge in [-0.1, -0.05) is 41.4 Å². The number of hydrogen-bond acceptors (Lipinski definition) is 5. The van der Waals surface area contributed by atoms with Gasteiger partial charge < -0.3 is 15.4 Å². The second kappa shape index (κ2) is 9.59. The van der Waals surface area contributed by atoms with Crippen molar-refractivity contribution in [2.45, 2.75) is 6.92 Å². The minimum atomic E-state index is -0.705. The number of halogens is 2. The molecule has 0 saturated carbocycles. The molecule has 9 heteroatoms. The molecule has 7 nitrogen and oxygen atoms in total. The van der Waals surface area contributed by atoms with Crippen LogP contribution in [0.3, 0.4) is 0 Å². The standard InChI is InChI=1S/C25H19Cl2N3O4/c1-14-5-3-4-6-18(14)29-23(31)15-7-10-17(11-8-15)28-22-21(27)24(32)30(25(22)33)19-13-16(26)9-12-20(19)34-2/h3-13,28H,1-2H3,(H,29,31). The number of nitrogens with zero attached hydrogens (tertiary/aromatic N) is 1. The highest BCUT2D eigenvalue weighted by molar-refractivity contribution is 6.53. The monoisotopic (exact) mass is 495 g/mol. The van der Waals surface area contributed by atoms with Crippen molar-refractivity contribution in [1.29, 1.82) is 0 Å². The number of anilines is 3. The highest BCUT2D eigenvalue weighted by Gasteiger charge is 2.40. The summed E-state index contributed by atoms with van der Waals surface area (Å²) >= 11 is 12.3. The fraction of sp³-hybridized carbons (Fsp3) is 0.0800. The topological polar surface area (TPSA) is 87.7 Å². The van der Waals surface area contributed by atoms with E-state index in [1.54, 1.807) is 36.4 Å². The highest BCUT2D eigenvalue weighted by Crippen LogP contribution is 2.37. The molecule has 1 heterocycles. The van der Waals surface area contributed by atoms with E-state index in [2.05, 4.69) is 10.6 Å². The number of methoxy groups -OCH3 is 1. The number of hydrogen-bond donors (Lipinski definition) is 2. The van der Waals surface area contributed by atoms with E-state index in [-0.39, 0.29) is 22.3 Å². The lowest BCUT2D eigenvalue weighted by atomic mass is 10.1. The molecule has 1 aliphatic heterocycles. The summed E-state index contributed by atoms with van der Waals surface area (Å²) in [6, 6.07) is 18.5. The van der Waals surface area contributed by atoms with Gasteiger partial charge in [0.25, 0.3) is 17.7 Å². The molecule has 0 spiro atoms. The Bertz CT molecular complexity index is 1340. The van der Waals surface area contributed by atoms with E-state index in [0.29, 0.717) is 22.0 Å². The van der Waals surface area contributed by atoms with Crippen LogP contribution in [-0.4, -0.2) is 24.8 Å². The summed E-state index contributed by atoms with van der Waals surface area (Å²) in [5.74, 6) is -1.34. The number of ether oxygens (including phenoxy) is 1. The average Bonchev–Trinajstić information content (AvgIpc) is 3.04. The fourth-order valence-electron chi connectivity index (χ4n) is 3.42. The molecule has 0 atom stereocenters. The summed E-state index contributed by atoms with van der Waals surface area (Å²) in [5.41, 5.74) is 2.66. The molecule has 0 unspecified atom stereocenters. The van der Waals surface area contributed by atoms with E-state index < -0.39 is 11.8 Å². The summed E-state index contributed by atoms with van der Waals surface area (Å²) in [4.78, 5) is 39.3. The third-order valence-electron chi connectivity index (χ3n) is 5.22. The van der Waals surface area contributed by atoms with Gasteiger partial charge >= 0.3 is 0 Å². The molecule has 0 saturated heterocycles. The van der Waals surface area contributed by atoms with Gasteiger partial charge in [-0.05, 0) is 61.0 Å². The van der Waals surface area contributed by atoms with E-state index in [1.165, 1.54) is 13.2 Å². The second-order valence-electron chi connectivity index (χ2n) is 7.42. The molecule has 0 bridgehead atoms. The molecule has 2 N–H and O–H groups in total. The van der Waals surface area contributed by atoms with Gasteiger partial charge in [-0.25, -0.2) is 4.90 Å². The SMILES string of the molecule is COc1ccc(Cl)cc1N1C(=O)C(Cl)=C(Nc2ccc(C(=O)Nc3ccccc3C)cc2)C1=O. The van der Waals surface area contributed by atoms with Crippen LogP contribution in [0.4, 0.5) is 17.1 Å². The molecule has 3 amide bonds. The molecule has 0 aromatic heterocycles. The number of benzene rings is 3. The number of rotatable bonds is 6. The Labute approximate surface area is 205 Å². The van der Waals surface area contributed by atoms with Gasteiger partial charge in [-0.15, -0.1) is 0 Å². The van der Waals surface area contributed by atoms with Crippen LogP contribution in [0.2, 0.25) is 5.02 Å². The highest BCUT2D eigenvalue weighted by atomic mass is 35.5. The smallest absolute Gasteiger partial charge is 0.283 e. The maximum atomic E-state index is 13.1. The summed E-state index contributed by atoms with van der Waals surface area (Å²) < 4.78 is 5.26. The average molecular weight is 496 g/mol. The molecule has 172 valence electrons. The fourth-order valence-corrected chi connectivity index (χ4v) is 3.80. The first kappa shape index (κ1) is 23.4. The van der Waals surface area contributed by atoms with Crippen LogP contribution in [0.25, 0.3) is 0 Å². The lowest BCUT2D eigenvalue weighted by molar-refractivity contribution is -0.120. The molecule has 0 fully saturated rings. The van der Waals surface area contributed by atoms with E-state index >= 15 is 0 Å².